The minimum atomic E-state index is -0.534. The van der Waals surface area contributed by atoms with Gasteiger partial charge in [0.2, 0.25) is 5.91 Å². The maximum absolute atomic E-state index is 15.0. The van der Waals surface area contributed by atoms with Gasteiger partial charge in [0.15, 0.2) is 5.82 Å². The average Bonchev–Trinajstić information content (AvgIpc) is 2.66. The van der Waals surface area contributed by atoms with Crippen molar-refractivity contribution in [3.63, 3.8) is 0 Å². The van der Waals surface area contributed by atoms with Crippen molar-refractivity contribution in [1.29, 1.82) is 0 Å². The summed E-state index contributed by atoms with van der Waals surface area (Å²) in [5.74, 6) is -0.409. The molecular formula is C22H28FN5O2. The van der Waals surface area contributed by atoms with Crippen LogP contribution in [0.15, 0.2) is 36.5 Å². The van der Waals surface area contributed by atoms with Crippen LogP contribution in [0.4, 0.5) is 20.6 Å². The third-order valence-corrected chi connectivity index (χ3v) is 5.25. The van der Waals surface area contributed by atoms with Gasteiger partial charge >= 0.3 is 6.03 Å². The fourth-order valence-electron chi connectivity index (χ4n) is 3.84. The lowest BCUT2D eigenvalue weighted by atomic mass is 9.98. The number of piperazine rings is 1. The molecule has 30 heavy (non-hydrogen) atoms. The van der Waals surface area contributed by atoms with Crippen LogP contribution >= 0.6 is 0 Å². The molecule has 3 amide bonds. The van der Waals surface area contributed by atoms with E-state index in [0.717, 1.165) is 5.69 Å². The zero-order valence-corrected chi connectivity index (χ0v) is 17.8. The van der Waals surface area contributed by atoms with E-state index in [-0.39, 0.29) is 17.1 Å². The fourth-order valence-corrected chi connectivity index (χ4v) is 3.84. The Balaban J connectivity index is 1.65. The first-order valence-electron chi connectivity index (χ1n) is 9.94. The number of carbonyl (C=O) groups excluding carboxylic acids is 2. The Morgan fingerprint density at radius 2 is 1.93 bits per heavy atom. The lowest BCUT2D eigenvalue weighted by molar-refractivity contribution is -0.138. The number of halogens is 1. The first-order valence-corrected chi connectivity index (χ1v) is 9.94. The summed E-state index contributed by atoms with van der Waals surface area (Å²) in [5, 5.41) is 5.21. The number of aryl methyl sites for hydroxylation is 1. The summed E-state index contributed by atoms with van der Waals surface area (Å²) in [4.78, 5) is 32.2. The van der Waals surface area contributed by atoms with Crippen LogP contribution in [0.25, 0.3) is 0 Å². The number of hydrogen-bond acceptors (Lipinski definition) is 4. The summed E-state index contributed by atoms with van der Waals surface area (Å²) in [6.07, 6.45) is 1.55. The number of nitrogens with one attached hydrogen (secondary N) is 2. The fraction of sp³-hybridized carbons (Fsp3) is 0.409. The first kappa shape index (κ1) is 21.7. The number of urea groups is 1. The molecule has 1 fully saturated rings. The highest BCUT2D eigenvalue weighted by Crippen LogP contribution is 2.25. The molecule has 3 rings (SSSR count). The average molecular weight is 413 g/mol. The molecule has 1 aliphatic rings. The summed E-state index contributed by atoms with van der Waals surface area (Å²) in [6, 6.07) is 7.95. The highest BCUT2D eigenvalue weighted by Gasteiger charge is 2.35. The maximum atomic E-state index is 15.0. The summed E-state index contributed by atoms with van der Waals surface area (Å²) < 4.78 is 15.0. The first-order chi connectivity index (χ1) is 14.2. The van der Waals surface area contributed by atoms with Gasteiger partial charge in [-0.15, -0.1) is 0 Å². The Bertz CT molecular complexity index is 930. The smallest absolute Gasteiger partial charge is 0.323 e. The molecule has 2 aromatic rings. The van der Waals surface area contributed by atoms with Gasteiger partial charge < -0.3 is 15.5 Å². The second kappa shape index (κ2) is 8.79. The van der Waals surface area contributed by atoms with E-state index >= 15 is 4.39 Å². The molecule has 0 unspecified atom stereocenters. The lowest BCUT2D eigenvalue weighted by Gasteiger charge is -2.47. The van der Waals surface area contributed by atoms with E-state index in [1.165, 1.54) is 6.07 Å². The molecule has 0 aliphatic carbocycles. The molecule has 0 spiro atoms. The van der Waals surface area contributed by atoms with E-state index in [1.807, 2.05) is 25.7 Å². The molecule has 2 N–H and O–H groups in total. The van der Waals surface area contributed by atoms with Crippen molar-refractivity contribution in [3.05, 3.63) is 53.6 Å². The summed E-state index contributed by atoms with van der Waals surface area (Å²) in [5.41, 5.74) is 1.66. The number of benzene rings is 1. The van der Waals surface area contributed by atoms with E-state index in [0.29, 0.717) is 37.4 Å². The van der Waals surface area contributed by atoms with Crippen LogP contribution < -0.4 is 10.6 Å². The Kier molecular flexibility index (Phi) is 6.36. The maximum Gasteiger partial charge on any atom is 0.323 e. The van der Waals surface area contributed by atoms with Gasteiger partial charge in [-0.1, -0.05) is 12.1 Å². The predicted octanol–water partition coefficient (Wildman–Crippen LogP) is 3.62. The molecule has 1 saturated heterocycles. The number of rotatable bonds is 4. The number of carbonyl (C=O) groups is 2. The quantitative estimate of drug-likeness (QED) is 0.803. The standard InChI is InChI=1S/C22H28FN5O2/c1-15-8-9-18(12-24-15)25-21(30)26-19-7-5-6-17(20(19)23)13-27-10-11-28(16(2)29)22(3,4)14-27/h5-9,12H,10-11,13-14H2,1-4H3,(H2,25,26,30). The van der Waals surface area contributed by atoms with Crippen LogP contribution in [0.5, 0.6) is 0 Å². The molecule has 0 radical (unpaired) electrons. The third kappa shape index (κ3) is 5.13. The van der Waals surface area contributed by atoms with E-state index < -0.39 is 11.8 Å². The highest BCUT2D eigenvalue weighted by molar-refractivity contribution is 5.99. The lowest BCUT2D eigenvalue weighted by Crippen LogP contribution is -2.60. The van der Waals surface area contributed by atoms with Crippen molar-refractivity contribution in [3.8, 4) is 0 Å². The normalized spacial score (nSPS) is 16.2. The largest absolute Gasteiger partial charge is 0.335 e. The molecule has 160 valence electrons. The van der Waals surface area contributed by atoms with Gasteiger partial charge in [-0.3, -0.25) is 14.7 Å². The van der Waals surface area contributed by atoms with Crippen LogP contribution in [-0.4, -0.2) is 51.9 Å². The number of hydrogen-bond donors (Lipinski definition) is 2. The zero-order valence-electron chi connectivity index (χ0n) is 17.8. The molecule has 0 atom stereocenters. The molecule has 1 aromatic carbocycles. The van der Waals surface area contributed by atoms with Crippen molar-refractivity contribution < 1.29 is 14.0 Å². The van der Waals surface area contributed by atoms with Crippen molar-refractivity contribution in [2.45, 2.75) is 39.8 Å². The zero-order chi connectivity index (χ0) is 21.9. The number of anilines is 2. The monoisotopic (exact) mass is 413 g/mol. The van der Waals surface area contributed by atoms with E-state index in [2.05, 4.69) is 20.5 Å². The SMILES string of the molecule is CC(=O)N1CCN(Cc2cccc(NC(=O)Nc3ccc(C)nc3)c2F)CC1(C)C. The number of aromatic nitrogens is 1. The Morgan fingerprint density at radius 1 is 1.17 bits per heavy atom. The Labute approximate surface area is 176 Å². The summed E-state index contributed by atoms with van der Waals surface area (Å²) in [7, 11) is 0. The van der Waals surface area contributed by atoms with Crippen LogP contribution in [0, 0.1) is 12.7 Å². The molecule has 8 heteroatoms. The van der Waals surface area contributed by atoms with Gasteiger partial charge in [0.1, 0.15) is 0 Å². The Morgan fingerprint density at radius 3 is 2.57 bits per heavy atom. The Hall–Kier alpha value is -3.00. The van der Waals surface area contributed by atoms with Crippen LogP contribution in [-0.2, 0) is 11.3 Å². The van der Waals surface area contributed by atoms with Crippen molar-refractivity contribution in [2.75, 3.05) is 30.3 Å². The van der Waals surface area contributed by atoms with Crippen LogP contribution in [0.1, 0.15) is 32.0 Å². The number of amides is 3. The predicted molar refractivity (Wildman–Crippen MR) is 115 cm³/mol. The van der Waals surface area contributed by atoms with Crippen molar-refractivity contribution >= 4 is 23.3 Å². The van der Waals surface area contributed by atoms with Crippen molar-refractivity contribution in [2.24, 2.45) is 0 Å². The van der Waals surface area contributed by atoms with E-state index in [1.54, 1.807) is 37.4 Å². The molecular weight excluding hydrogens is 385 g/mol. The van der Waals surface area contributed by atoms with Gasteiger partial charge in [-0.25, -0.2) is 9.18 Å². The second-order valence-electron chi connectivity index (χ2n) is 8.24. The molecule has 2 heterocycles. The summed E-state index contributed by atoms with van der Waals surface area (Å²) in [6.45, 7) is 9.77. The van der Waals surface area contributed by atoms with Crippen LogP contribution in [0.2, 0.25) is 0 Å². The van der Waals surface area contributed by atoms with Crippen LogP contribution in [0.3, 0.4) is 0 Å². The van der Waals surface area contributed by atoms with Gasteiger partial charge in [0.25, 0.3) is 0 Å². The molecule has 7 nitrogen and oxygen atoms in total. The van der Waals surface area contributed by atoms with Gasteiger partial charge in [0.05, 0.1) is 17.6 Å². The van der Waals surface area contributed by atoms with E-state index in [4.69, 9.17) is 0 Å². The minimum absolute atomic E-state index is 0.0480. The molecule has 1 aromatic heterocycles. The molecule has 1 aliphatic heterocycles. The van der Waals surface area contributed by atoms with Gasteiger partial charge in [-0.2, -0.15) is 0 Å². The van der Waals surface area contributed by atoms with E-state index in [9.17, 15) is 9.59 Å². The minimum Gasteiger partial charge on any atom is -0.335 e. The summed E-state index contributed by atoms with van der Waals surface area (Å²) >= 11 is 0. The molecule has 0 saturated carbocycles. The molecule has 0 bridgehead atoms. The number of pyridine rings is 1. The second-order valence-corrected chi connectivity index (χ2v) is 8.24. The van der Waals surface area contributed by atoms with Gasteiger partial charge in [-0.05, 0) is 39.0 Å². The third-order valence-electron chi connectivity index (χ3n) is 5.25. The van der Waals surface area contributed by atoms with Gasteiger partial charge in [0, 0.05) is 49.9 Å². The van der Waals surface area contributed by atoms with Crippen molar-refractivity contribution in [1.82, 2.24) is 14.8 Å². The number of nitrogens with zero attached hydrogens (tertiary/aromatic N) is 3. The highest BCUT2D eigenvalue weighted by atomic mass is 19.1. The topological polar surface area (TPSA) is 77.6 Å².